The Bertz CT molecular complexity index is 792. The molecule has 0 bridgehead atoms. The van der Waals surface area contributed by atoms with E-state index in [0.717, 1.165) is 5.56 Å². The lowest BCUT2D eigenvalue weighted by Crippen LogP contribution is -2.01. The molecule has 0 unspecified atom stereocenters. The van der Waals surface area contributed by atoms with Crippen LogP contribution < -0.4 is 0 Å². The van der Waals surface area contributed by atoms with E-state index in [0.29, 0.717) is 33.0 Å². The Morgan fingerprint density at radius 3 is 2.36 bits per heavy atom. The molecule has 22 heavy (non-hydrogen) atoms. The summed E-state index contributed by atoms with van der Waals surface area (Å²) in [5.74, 6) is 1.24. The van der Waals surface area contributed by atoms with Crippen molar-refractivity contribution < 1.29 is 9.21 Å². The fourth-order valence-electron chi connectivity index (χ4n) is 2.22. The summed E-state index contributed by atoms with van der Waals surface area (Å²) in [6.45, 7) is 0. The second-order valence-corrected chi connectivity index (χ2v) is 5.78. The van der Waals surface area contributed by atoms with Crippen molar-refractivity contribution in [1.82, 2.24) is 0 Å². The Balaban J connectivity index is 2.01. The molecule has 110 valence electrons. The van der Waals surface area contributed by atoms with Gasteiger partial charge in [0.15, 0.2) is 5.78 Å². The average molecular weight is 376 g/mol. The molecule has 0 spiro atoms. The van der Waals surface area contributed by atoms with Gasteiger partial charge in [0.25, 0.3) is 0 Å². The number of halogens is 2. The largest absolute Gasteiger partial charge is 0.459 e. The summed E-state index contributed by atoms with van der Waals surface area (Å²) < 4.78 is 5.82. The Morgan fingerprint density at radius 1 is 1.05 bits per heavy atom. The summed E-state index contributed by atoms with van der Waals surface area (Å²) in [5, 5.41) is 1.09. The molecule has 2 nitrogen and oxygen atoms in total. The molecule has 0 amide bonds. The van der Waals surface area contributed by atoms with Gasteiger partial charge in [-0.15, -0.1) is 0 Å². The predicted molar refractivity (Wildman–Crippen MR) is 91.7 cm³/mol. The molecule has 0 fully saturated rings. The van der Waals surface area contributed by atoms with Crippen molar-refractivity contribution in [1.29, 1.82) is 0 Å². The van der Waals surface area contributed by atoms with Crippen molar-refractivity contribution >= 4 is 33.3 Å². The molecule has 0 N–H and O–H groups in total. The highest BCUT2D eigenvalue weighted by atomic mass is 79.9. The number of alkyl halides is 1. The molecule has 0 aliphatic rings. The number of benzene rings is 2. The first-order valence-corrected chi connectivity index (χ1v) is 8.23. The van der Waals surface area contributed by atoms with E-state index in [9.17, 15) is 4.79 Å². The van der Waals surface area contributed by atoms with Gasteiger partial charge in [0.05, 0.1) is 10.9 Å². The minimum absolute atomic E-state index is 0.0722. The number of hydrogen-bond donors (Lipinski definition) is 0. The van der Waals surface area contributed by atoms with Gasteiger partial charge in [-0.3, -0.25) is 4.79 Å². The number of carbonyl (C=O) groups is 1. The van der Waals surface area contributed by atoms with Crippen LogP contribution in [0.15, 0.2) is 65.1 Å². The Morgan fingerprint density at radius 2 is 1.73 bits per heavy atom. The third kappa shape index (κ3) is 3.01. The van der Waals surface area contributed by atoms with Crippen molar-refractivity contribution in [2.45, 2.75) is 5.33 Å². The zero-order chi connectivity index (χ0) is 15.5. The van der Waals surface area contributed by atoms with Gasteiger partial charge in [-0.2, -0.15) is 0 Å². The van der Waals surface area contributed by atoms with Crippen LogP contribution in [0.4, 0.5) is 0 Å². The average Bonchev–Trinajstić information content (AvgIpc) is 3.00. The fraction of sp³-hybridized carbons (Fsp3) is 0.0556. The van der Waals surface area contributed by atoms with Crippen LogP contribution in [0.2, 0.25) is 5.02 Å². The SMILES string of the molecule is O=C(c1ccc(Cl)cc1)c1cc(-c2ccccc2)oc1CBr. The number of hydrogen-bond acceptors (Lipinski definition) is 2. The maximum Gasteiger partial charge on any atom is 0.196 e. The summed E-state index contributed by atoms with van der Waals surface area (Å²) in [7, 11) is 0. The van der Waals surface area contributed by atoms with E-state index in [1.54, 1.807) is 30.3 Å². The summed E-state index contributed by atoms with van der Waals surface area (Å²) >= 11 is 9.25. The van der Waals surface area contributed by atoms with Crippen LogP contribution in [0.25, 0.3) is 11.3 Å². The topological polar surface area (TPSA) is 30.2 Å². The minimum atomic E-state index is -0.0722. The zero-order valence-corrected chi connectivity index (χ0v) is 13.9. The first kappa shape index (κ1) is 15.1. The Hall–Kier alpha value is -1.84. The first-order valence-electron chi connectivity index (χ1n) is 6.73. The van der Waals surface area contributed by atoms with Crippen LogP contribution in [0.3, 0.4) is 0 Å². The van der Waals surface area contributed by atoms with Crippen molar-refractivity contribution in [3.63, 3.8) is 0 Å². The minimum Gasteiger partial charge on any atom is -0.459 e. The lowest BCUT2D eigenvalue weighted by atomic mass is 10.0. The van der Waals surface area contributed by atoms with Gasteiger partial charge in [0, 0.05) is 16.1 Å². The third-order valence-corrected chi connectivity index (χ3v) is 4.10. The highest BCUT2D eigenvalue weighted by molar-refractivity contribution is 9.08. The van der Waals surface area contributed by atoms with E-state index < -0.39 is 0 Å². The maximum absolute atomic E-state index is 12.7. The zero-order valence-electron chi connectivity index (χ0n) is 11.6. The summed E-state index contributed by atoms with van der Waals surface area (Å²) in [6, 6.07) is 18.4. The highest BCUT2D eigenvalue weighted by Crippen LogP contribution is 2.28. The van der Waals surface area contributed by atoms with Crippen LogP contribution in [0, 0.1) is 0 Å². The molecule has 4 heteroatoms. The molecule has 0 aliphatic carbocycles. The van der Waals surface area contributed by atoms with Gasteiger partial charge in [-0.05, 0) is 30.3 Å². The number of rotatable bonds is 4. The molecular formula is C18H12BrClO2. The molecule has 2 aromatic carbocycles. The molecule has 3 aromatic rings. The molecular weight excluding hydrogens is 364 g/mol. The van der Waals surface area contributed by atoms with E-state index in [1.807, 2.05) is 30.3 Å². The molecule has 0 radical (unpaired) electrons. The van der Waals surface area contributed by atoms with E-state index in [2.05, 4.69) is 15.9 Å². The molecule has 0 aliphatic heterocycles. The summed E-state index contributed by atoms with van der Waals surface area (Å²) in [4.78, 5) is 12.7. The molecule has 0 atom stereocenters. The molecule has 3 rings (SSSR count). The summed E-state index contributed by atoms with van der Waals surface area (Å²) in [5.41, 5.74) is 2.10. The maximum atomic E-state index is 12.7. The van der Waals surface area contributed by atoms with Crippen LogP contribution in [-0.2, 0) is 5.33 Å². The van der Waals surface area contributed by atoms with E-state index in [1.165, 1.54) is 0 Å². The van der Waals surface area contributed by atoms with Crippen molar-refractivity contribution in [2.75, 3.05) is 0 Å². The third-order valence-electron chi connectivity index (χ3n) is 3.34. The fourth-order valence-corrected chi connectivity index (χ4v) is 2.76. The van der Waals surface area contributed by atoms with Gasteiger partial charge in [0.1, 0.15) is 11.5 Å². The second kappa shape index (κ2) is 6.51. The number of ketones is 1. The van der Waals surface area contributed by atoms with Crippen molar-refractivity contribution in [3.05, 3.63) is 82.6 Å². The van der Waals surface area contributed by atoms with Gasteiger partial charge >= 0.3 is 0 Å². The van der Waals surface area contributed by atoms with Crippen molar-refractivity contribution in [3.8, 4) is 11.3 Å². The molecule has 0 saturated carbocycles. The van der Waals surface area contributed by atoms with Gasteiger partial charge in [-0.25, -0.2) is 0 Å². The first-order chi connectivity index (χ1) is 10.7. The quantitative estimate of drug-likeness (QED) is 0.431. The number of carbonyl (C=O) groups excluding carboxylic acids is 1. The number of furan rings is 1. The highest BCUT2D eigenvalue weighted by Gasteiger charge is 2.19. The van der Waals surface area contributed by atoms with Crippen LogP contribution >= 0.6 is 27.5 Å². The molecule has 0 saturated heterocycles. The van der Waals surface area contributed by atoms with Gasteiger partial charge in [-0.1, -0.05) is 57.9 Å². The Kier molecular flexibility index (Phi) is 4.46. The molecule has 1 heterocycles. The standard InChI is InChI=1S/C18H12BrClO2/c19-11-17-15(18(21)13-6-8-14(20)9-7-13)10-16(22-17)12-4-2-1-3-5-12/h1-10H,11H2. The van der Waals surface area contributed by atoms with Crippen molar-refractivity contribution in [2.24, 2.45) is 0 Å². The van der Waals surface area contributed by atoms with E-state index in [-0.39, 0.29) is 5.78 Å². The van der Waals surface area contributed by atoms with E-state index >= 15 is 0 Å². The van der Waals surface area contributed by atoms with Gasteiger partial charge in [0.2, 0.25) is 0 Å². The monoisotopic (exact) mass is 374 g/mol. The predicted octanol–water partition coefficient (Wildman–Crippen LogP) is 5.73. The van der Waals surface area contributed by atoms with E-state index in [4.69, 9.17) is 16.0 Å². The van der Waals surface area contributed by atoms with Crippen LogP contribution in [0.1, 0.15) is 21.7 Å². The lowest BCUT2D eigenvalue weighted by Gasteiger charge is -2.00. The van der Waals surface area contributed by atoms with Gasteiger partial charge < -0.3 is 4.42 Å². The normalized spacial score (nSPS) is 10.6. The lowest BCUT2D eigenvalue weighted by molar-refractivity contribution is 0.103. The Labute approximate surface area is 141 Å². The molecule has 1 aromatic heterocycles. The smallest absolute Gasteiger partial charge is 0.196 e. The van der Waals surface area contributed by atoms with Crippen LogP contribution in [0.5, 0.6) is 0 Å². The summed E-state index contributed by atoms with van der Waals surface area (Å²) in [6.07, 6.45) is 0. The van der Waals surface area contributed by atoms with Crippen LogP contribution in [-0.4, -0.2) is 5.78 Å². The second-order valence-electron chi connectivity index (χ2n) is 4.78.